The van der Waals surface area contributed by atoms with Gasteiger partial charge in [0.25, 0.3) is 0 Å². The topological polar surface area (TPSA) is 34.1 Å². The van der Waals surface area contributed by atoms with Crippen LogP contribution >= 0.6 is 22.9 Å². The SMILES string of the molecule is COc1cccc2c1OC(c1cccs1)N1N=C(c3ccc(Cl)cc3)CC21. The first-order chi connectivity index (χ1) is 13.2. The van der Waals surface area contributed by atoms with E-state index in [2.05, 4.69) is 22.5 Å². The molecule has 0 bridgehead atoms. The molecule has 27 heavy (non-hydrogen) atoms. The quantitative estimate of drug-likeness (QED) is 0.573. The fourth-order valence-electron chi connectivity index (χ4n) is 3.68. The molecule has 2 unspecified atom stereocenters. The van der Waals surface area contributed by atoms with Gasteiger partial charge in [-0.3, -0.25) is 0 Å². The summed E-state index contributed by atoms with van der Waals surface area (Å²) in [7, 11) is 1.68. The first kappa shape index (κ1) is 16.7. The molecule has 0 radical (unpaired) electrons. The number of hydrogen-bond donors (Lipinski definition) is 0. The molecule has 2 aromatic carbocycles. The molecule has 6 heteroatoms. The zero-order valence-electron chi connectivity index (χ0n) is 14.6. The molecule has 136 valence electrons. The molecule has 0 spiro atoms. The van der Waals surface area contributed by atoms with Crippen LogP contribution in [0.15, 0.2) is 65.1 Å². The molecule has 4 nitrogen and oxygen atoms in total. The van der Waals surface area contributed by atoms with Gasteiger partial charge >= 0.3 is 0 Å². The van der Waals surface area contributed by atoms with Crippen molar-refractivity contribution in [3.8, 4) is 11.5 Å². The lowest BCUT2D eigenvalue weighted by Crippen LogP contribution is -2.33. The molecule has 0 N–H and O–H groups in total. The van der Waals surface area contributed by atoms with Gasteiger partial charge in [-0.05, 0) is 35.2 Å². The molecule has 1 aromatic heterocycles. The van der Waals surface area contributed by atoms with Crippen LogP contribution in [0.4, 0.5) is 0 Å². The van der Waals surface area contributed by atoms with Gasteiger partial charge in [0.2, 0.25) is 6.23 Å². The van der Waals surface area contributed by atoms with Crippen molar-refractivity contribution in [1.82, 2.24) is 5.01 Å². The van der Waals surface area contributed by atoms with Crippen molar-refractivity contribution in [2.45, 2.75) is 18.7 Å². The second-order valence-electron chi connectivity index (χ2n) is 6.52. The van der Waals surface area contributed by atoms with Crippen LogP contribution < -0.4 is 9.47 Å². The molecule has 3 heterocycles. The van der Waals surface area contributed by atoms with Crippen molar-refractivity contribution in [3.63, 3.8) is 0 Å². The minimum Gasteiger partial charge on any atom is -0.493 e. The third-order valence-electron chi connectivity index (χ3n) is 4.96. The number of methoxy groups -OCH3 is 1. The van der Waals surface area contributed by atoms with Crippen LogP contribution in [-0.2, 0) is 0 Å². The van der Waals surface area contributed by atoms with E-state index in [1.807, 2.05) is 42.5 Å². The number of thiophene rings is 1. The number of ether oxygens (including phenoxy) is 2. The smallest absolute Gasteiger partial charge is 0.223 e. The highest BCUT2D eigenvalue weighted by molar-refractivity contribution is 7.10. The second kappa shape index (κ2) is 6.59. The number of rotatable bonds is 3. The maximum absolute atomic E-state index is 6.40. The highest BCUT2D eigenvalue weighted by atomic mass is 35.5. The van der Waals surface area contributed by atoms with E-state index < -0.39 is 0 Å². The van der Waals surface area contributed by atoms with Gasteiger partial charge in [0.05, 0.1) is 23.7 Å². The average Bonchev–Trinajstić information content (AvgIpc) is 3.37. The number of benzene rings is 2. The van der Waals surface area contributed by atoms with Gasteiger partial charge in [0.1, 0.15) is 0 Å². The summed E-state index contributed by atoms with van der Waals surface area (Å²) in [5, 5.41) is 9.82. The first-order valence-corrected chi connectivity index (χ1v) is 9.99. The highest BCUT2D eigenvalue weighted by Crippen LogP contribution is 2.51. The summed E-state index contributed by atoms with van der Waals surface area (Å²) in [4.78, 5) is 1.12. The Kier molecular flexibility index (Phi) is 4.06. The third kappa shape index (κ3) is 2.78. The van der Waals surface area contributed by atoms with Crippen LogP contribution in [0.5, 0.6) is 11.5 Å². The Labute approximate surface area is 166 Å². The predicted molar refractivity (Wildman–Crippen MR) is 108 cm³/mol. The van der Waals surface area contributed by atoms with Crippen molar-refractivity contribution in [2.24, 2.45) is 5.10 Å². The minimum atomic E-state index is -0.261. The van der Waals surface area contributed by atoms with Gasteiger partial charge in [-0.15, -0.1) is 11.3 Å². The number of hydrogen-bond acceptors (Lipinski definition) is 5. The Hall–Kier alpha value is -2.50. The largest absolute Gasteiger partial charge is 0.493 e. The van der Waals surface area contributed by atoms with Crippen LogP contribution in [0, 0.1) is 0 Å². The van der Waals surface area contributed by atoms with Crippen molar-refractivity contribution < 1.29 is 9.47 Å². The molecule has 2 aliphatic rings. The fourth-order valence-corrected chi connectivity index (χ4v) is 4.55. The van der Waals surface area contributed by atoms with Crippen LogP contribution in [-0.4, -0.2) is 17.8 Å². The Morgan fingerprint density at radius 1 is 1.15 bits per heavy atom. The number of hydrazone groups is 1. The summed E-state index contributed by atoms with van der Waals surface area (Å²) in [5.41, 5.74) is 3.23. The van der Waals surface area contributed by atoms with E-state index in [1.54, 1.807) is 18.4 Å². The van der Waals surface area contributed by atoms with Crippen molar-refractivity contribution in [2.75, 3.05) is 7.11 Å². The number of fused-ring (bicyclic) bond motifs is 3. The molecule has 0 fully saturated rings. The van der Waals surface area contributed by atoms with Gasteiger partial charge in [0, 0.05) is 17.0 Å². The maximum atomic E-state index is 6.40. The van der Waals surface area contributed by atoms with Crippen LogP contribution in [0.2, 0.25) is 5.02 Å². The molecule has 0 amide bonds. The molecular formula is C21H17ClN2O2S. The summed E-state index contributed by atoms with van der Waals surface area (Å²) < 4.78 is 12.0. The van der Waals surface area contributed by atoms with Crippen LogP contribution in [0.25, 0.3) is 0 Å². The maximum Gasteiger partial charge on any atom is 0.223 e. The fraction of sp³-hybridized carbons (Fsp3) is 0.190. The van der Waals surface area contributed by atoms with Gasteiger partial charge in [-0.2, -0.15) is 5.10 Å². The molecule has 0 saturated heterocycles. The van der Waals surface area contributed by atoms with Crippen LogP contribution in [0.1, 0.15) is 34.7 Å². The first-order valence-electron chi connectivity index (χ1n) is 8.73. The molecule has 0 saturated carbocycles. The molecule has 5 rings (SSSR count). The summed E-state index contributed by atoms with van der Waals surface area (Å²) >= 11 is 7.72. The molecule has 2 aliphatic heterocycles. The van der Waals surface area contributed by atoms with E-state index in [0.29, 0.717) is 0 Å². The monoisotopic (exact) mass is 396 g/mol. The van der Waals surface area contributed by atoms with Gasteiger partial charge in [-0.1, -0.05) is 41.9 Å². The van der Waals surface area contributed by atoms with E-state index in [1.165, 1.54) is 0 Å². The Bertz CT molecular complexity index is 1000. The van der Waals surface area contributed by atoms with Gasteiger partial charge < -0.3 is 9.47 Å². The lowest BCUT2D eigenvalue weighted by atomic mass is 9.96. The van der Waals surface area contributed by atoms with Crippen molar-refractivity contribution >= 4 is 28.6 Å². The highest BCUT2D eigenvalue weighted by Gasteiger charge is 2.42. The normalized spacial score (nSPS) is 20.5. The third-order valence-corrected chi connectivity index (χ3v) is 6.12. The van der Waals surface area contributed by atoms with Gasteiger partial charge in [0.15, 0.2) is 11.5 Å². The summed E-state index contributed by atoms with van der Waals surface area (Å²) in [6, 6.07) is 18.1. The molecule has 2 atom stereocenters. The van der Waals surface area contributed by atoms with E-state index in [9.17, 15) is 0 Å². The predicted octanol–water partition coefficient (Wildman–Crippen LogP) is 5.65. The lowest BCUT2D eigenvalue weighted by Gasteiger charge is -2.38. The zero-order valence-corrected chi connectivity index (χ0v) is 16.2. The molecule has 0 aliphatic carbocycles. The Balaban J connectivity index is 1.61. The number of halogens is 1. The van der Waals surface area contributed by atoms with E-state index in [-0.39, 0.29) is 12.3 Å². The van der Waals surface area contributed by atoms with E-state index in [4.69, 9.17) is 26.2 Å². The summed E-state index contributed by atoms with van der Waals surface area (Å²) in [6.45, 7) is 0. The average molecular weight is 397 g/mol. The van der Waals surface area contributed by atoms with E-state index >= 15 is 0 Å². The lowest BCUT2D eigenvalue weighted by molar-refractivity contribution is -0.0184. The summed E-state index contributed by atoms with van der Waals surface area (Å²) in [5.74, 6) is 1.57. The molecular weight excluding hydrogens is 380 g/mol. The zero-order chi connectivity index (χ0) is 18.4. The van der Waals surface area contributed by atoms with E-state index in [0.717, 1.165) is 44.7 Å². The number of nitrogens with zero attached hydrogens (tertiary/aromatic N) is 2. The molecule has 3 aromatic rings. The Morgan fingerprint density at radius 3 is 2.74 bits per heavy atom. The van der Waals surface area contributed by atoms with Crippen molar-refractivity contribution in [3.05, 3.63) is 81.0 Å². The van der Waals surface area contributed by atoms with Crippen LogP contribution in [0.3, 0.4) is 0 Å². The minimum absolute atomic E-state index is 0.113. The van der Waals surface area contributed by atoms with Gasteiger partial charge in [-0.25, -0.2) is 5.01 Å². The van der Waals surface area contributed by atoms with Crippen molar-refractivity contribution in [1.29, 1.82) is 0 Å². The summed E-state index contributed by atoms with van der Waals surface area (Å²) in [6.07, 6.45) is 0.552. The standard InChI is InChI=1S/C21H17ClN2O2S/c1-25-18-5-2-4-15-17-12-16(13-7-9-14(22)10-8-13)23-24(17)21(26-20(15)18)19-6-3-11-27-19/h2-11,17,21H,12H2,1H3. The number of para-hydroxylation sites is 1. The second-order valence-corrected chi connectivity index (χ2v) is 7.93. The Morgan fingerprint density at radius 2 is 2.00 bits per heavy atom.